The predicted octanol–water partition coefficient (Wildman–Crippen LogP) is 2.59. The molecule has 1 unspecified atom stereocenters. The van der Waals surface area contributed by atoms with Gasteiger partial charge in [0, 0.05) is 11.2 Å². The van der Waals surface area contributed by atoms with Crippen LogP contribution in [0.4, 0.5) is 11.8 Å². The lowest BCUT2D eigenvalue weighted by molar-refractivity contribution is 0.872. The molecule has 0 saturated carbocycles. The van der Waals surface area contributed by atoms with E-state index in [9.17, 15) is 0 Å². The standard InChI is InChI=1S/C12H14ClN5/c1-8(9-4-2-3-5-10(9)13)16-11-6-7-15-12(17-11)18-14/h2-8H,14H2,1H3,(H2,15,16,17,18). The van der Waals surface area contributed by atoms with Crippen molar-refractivity contribution in [1.82, 2.24) is 9.97 Å². The number of aromatic nitrogens is 2. The van der Waals surface area contributed by atoms with E-state index in [0.29, 0.717) is 11.8 Å². The van der Waals surface area contributed by atoms with Crippen LogP contribution in [0.3, 0.4) is 0 Å². The highest BCUT2D eigenvalue weighted by atomic mass is 35.5. The molecule has 0 fully saturated rings. The molecule has 0 aliphatic carbocycles. The van der Waals surface area contributed by atoms with Gasteiger partial charge >= 0.3 is 0 Å². The minimum Gasteiger partial charge on any atom is -0.363 e. The predicted molar refractivity (Wildman–Crippen MR) is 73.3 cm³/mol. The van der Waals surface area contributed by atoms with E-state index in [4.69, 9.17) is 17.4 Å². The van der Waals surface area contributed by atoms with Crippen molar-refractivity contribution in [3.8, 4) is 0 Å². The number of hydrazine groups is 1. The van der Waals surface area contributed by atoms with Crippen molar-refractivity contribution < 1.29 is 0 Å². The van der Waals surface area contributed by atoms with Crippen LogP contribution in [-0.2, 0) is 0 Å². The van der Waals surface area contributed by atoms with Crippen LogP contribution in [0.5, 0.6) is 0 Å². The third-order valence-electron chi connectivity index (χ3n) is 2.52. The van der Waals surface area contributed by atoms with Crippen LogP contribution in [0.2, 0.25) is 5.02 Å². The second kappa shape index (κ2) is 5.66. The zero-order valence-electron chi connectivity index (χ0n) is 9.89. The third-order valence-corrected chi connectivity index (χ3v) is 2.87. The highest BCUT2D eigenvalue weighted by Crippen LogP contribution is 2.24. The van der Waals surface area contributed by atoms with Crippen molar-refractivity contribution in [1.29, 1.82) is 0 Å². The summed E-state index contributed by atoms with van der Waals surface area (Å²) in [5.41, 5.74) is 3.42. The van der Waals surface area contributed by atoms with Gasteiger partial charge in [-0.3, -0.25) is 5.43 Å². The van der Waals surface area contributed by atoms with Crippen molar-refractivity contribution in [3.05, 3.63) is 47.1 Å². The Morgan fingerprint density at radius 2 is 2.06 bits per heavy atom. The molecule has 1 atom stereocenters. The van der Waals surface area contributed by atoms with Gasteiger partial charge in [0.1, 0.15) is 5.82 Å². The first kappa shape index (κ1) is 12.6. The summed E-state index contributed by atoms with van der Waals surface area (Å²) in [7, 11) is 0. The summed E-state index contributed by atoms with van der Waals surface area (Å²) in [4.78, 5) is 8.13. The number of nitrogen functional groups attached to an aromatic ring is 1. The number of benzene rings is 1. The molecule has 1 aromatic heterocycles. The normalized spacial score (nSPS) is 11.9. The molecule has 1 aromatic carbocycles. The van der Waals surface area contributed by atoms with Crippen LogP contribution in [-0.4, -0.2) is 9.97 Å². The summed E-state index contributed by atoms with van der Waals surface area (Å²) in [6.45, 7) is 2.01. The summed E-state index contributed by atoms with van der Waals surface area (Å²) in [6, 6.07) is 9.50. The van der Waals surface area contributed by atoms with E-state index in [1.807, 2.05) is 31.2 Å². The first-order valence-corrected chi connectivity index (χ1v) is 5.89. The first-order valence-electron chi connectivity index (χ1n) is 5.51. The Morgan fingerprint density at radius 1 is 1.28 bits per heavy atom. The third kappa shape index (κ3) is 2.88. The molecule has 5 nitrogen and oxygen atoms in total. The number of halogens is 1. The number of nitrogens with one attached hydrogen (secondary N) is 2. The first-order chi connectivity index (χ1) is 8.70. The zero-order valence-corrected chi connectivity index (χ0v) is 10.6. The number of hydrogen-bond acceptors (Lipinski definition) is 5. The van der Waals surface area contributed by atoms with E-state index in [2.05, 4.69) is 20.7 Å². The molecule has 0 bridgehead atoms. The van der Waals surface area contributed by atoms with E-state index in [1.54, 1.807) is 12.3 Å². The molecule has 4 N–H and O–H groups in total. The zero-order chi connectivity index (χ0) is 13.0. The monoisotopic (exact) mass is 263 g/mol. The lowest BCUT2D eigenvalue weighted by atomic mass is 10.1. The fourth-order valence-electron chi connectivity index (χ4n) is 1.63. The Bertz CT molecular complexity index is 531. The van der Waals surface area contributed by atoms with Crippen molar-refractivity contribution in [2.45, 2.75) is 13.0 Å². The molecular formula is C12H14ClN5. The maximum atomic E-state index is 6.14. The Hall–Kier alpha value is -1.85. The fraction of sp³-hybridized carbons (Fsp3) is 0.167. The van der Waals surface area contributed by atoms with Gasteiger partial charge in [0.05, 0.1) is 6.04 Å². The fourth-order valence-corrected chi connectivity index (χ4v) is 1.93. The van der Waals surface area contributed by atoms with Crippen LogP contribution in [0.15, 0.2) is 36.5 Å². The van der Waals surface area contributed by atoms with E-state index in [-0.39, 0.29) is 6.04 Å². The molecule has 0 radical (unpaired) electrons. The molecule has 0 aliphatic heterocycles. The van der Waals surface area contributed by atoms with Gasteiger partial charge < -0.3 is 5.32 Å². The second-order valence-electron chi connectivity index (χ2n) is 3.80. The summed E-state index contributed by atoms with van der Waals surface area (Å²) in [5.74, 6) is 6.31. The van der Waals surface area contributed by atoms with E-state index in [1.165, 1.54) is 0 Å². The molecule has 2 rings (SSSR count). The van der Waals surface area contributed by atoms with Crippen LogP contribution in [0.25, 0.3) is 0 Å². The molecule has 0 saturated heterocycles. The summed E-state index contributed by atoms with van der Waals surface area (Å²) in [6.07, 6.45) is 1.63. The van der Waals surface area contributed by atoms with Crippen molar-refractivity contribution in [2.75, 3.05) is 10.7 Å². The van der Waals surface area contributed by atoms with Gasteiger partial charge in [0.2, 0.25) is 5.95 Å². The Kier molecular flexibility index (Phi) is 3.96. The number of nitrogens with two attached hydrogens (primary N) is 1. The average molecular weight is 264 g/mol. The molecule has 0 spiro atoms. The van der Waals surface area contributed by atoms with E-state index >= 15 is 0 Å². The summed E-state index contributed by atoms with van der Waals surface area (Å²) >= 11 is 6.14. The minimum atomic E-state index is 0.0409. The molecule has 1 heterocycles. The second-order valence-corrected chi connectivity index (χ2v) is 4.20. The molecule has 0 aliphatic rings. The maximum Gasteiger partial charge on any atom is 0.239 e. The molecule has 0 amide bonds. The Labute approximate surface area is 110 Å². The Balaban J connectivity index is 2.16. The largest absolute Gasteiger partial charge is 0.363 e. The molecule has 2 aromatic rings. The molecule has 94 valence electrons. The van der Waals surface area contributed by atoms with Gasteiger partial charge in [-0.05, 0) is 24.6 Å². The molecular weight excluding hydrogens is 250 g/mol. The number of rotatable bonds is 4. The van der Waals surface area contributed by atoms with Gasteiger partial charge in [-0.15, -0.1) is 0 Å². The van der Waals surface area contributed by atoms with E-state index < -0.39 is 0 Å². The van der Waals surface area contributed by atoms with Crippen LogP contribution >= 0.6 is 11.6 Å². The number of hydrogen-bond donors (Lipinski definition) is 3. The van der Waals surface area contributed by atoms with Gasteiger partial charge in [0.25, 0.3) is 0 Å². The van der Waals surface area contributed by atoms with E-state index in [0.717, 1.165) is 10.6 Å². The van der Waals surface area contributed by atoms with Crippen molar-refractivity contribution in [3.63, 3.8) is 0 Å². The Morgan fingerprint density at radius 3 is 2.78 bits per heavy atom. The average Bonchev–Trinajstić information content (AvgIpc) is 2.39. The number of anilines is 2. The highest BCUT2D eigenvalue weighted by Gasteiger charge is 2.09. The lowest BCUT2D eigenvalue weighted by Gasteiger charge is -2.16. The van der Waals surface area contributed by atoms with Crippen LogP contribution in [0.1, 0.15) is 18.5 Å². The van der Waals surface area contributed by atoms with Crippen molar-refractivity contribution in [2.24, 2.45) is 5.84 Å². The van der Waals surface area contributed by atoms with Gasteiger partial charge in [-0.2, -0.15) is 4.98 Å². The van der Waals surface area contributed by atoms with Crippen LogP contribution < -0.4 is 16.6 Å². The molecule has 18 heavy (non-hydrogen) atoms. The lowest BCUT2D eigenvalue weighted by Crippen LogP contribution is -2.13. The highest BCUT2D eigenvalue weighted by molar-refractivity contribution is 6.31. The van der Waals surface area contributed by atoms with Gasteiger partial charge in [-0.1, -0.05) is 29.8 Å². The quantitative estimate of drug-likeness (QED) is 0.584. The topological polar surface area (TPSA) is 75.9 Å². The molecule has 6 heteroatoms. The van der Waals surface area contributed by atoms with Gasteiger partial charge in [-0.25, -0.2) is 10.8 Å². The van der Waals surface area contributed by atoms with Gasteiger partial charge in [0.15, 0.2) is 0 Å². The summed E-state index contributed by atoms with van der Waals surface area (Å²) in [5, 5.41) is 3.97. The maximum absolute atomic E-state index is 6.14. The minimum absolute atomic E-state index is 0.0409. The summed E-state index contributed by atoms with van der Waals surface area (Å²) < 4.78 is 0. The van der Waals surface area contributed by atoms with Crippen molar-refractivity contribution >= 4 is 23.4 Å². The van der Waals surface area contributed by atoms with Crippen LogP contribution in [0, 0.1) is 0 Å². The SMILES string of the molecule is CC(Nc1ccnc(NN)n1)c1ccccc1Cl. The number of nitrogens with zero attached hydrogens (tertiary/aromatic N) is 2. The smallest absolute Gasteiger partial charge is 0.239 e.